The maximum atomic E-state index is 13.3. The zero-order valence-electron chi connectivity index (χ0n) is 19.6. The fourth-order valence-corrected chi connectivity index (χ4v) is 5.01. The predicted molar refractivity (Wildman–Crippen MR) is 129 cm³/mol. The molecule has 0 spiro atoms. The molecule has 0 radical (unpaired) electrons. The number of halogens is 1. The van der Waals surface area contributed by atoms with Crippen LogP contribution in [-0.4, -0.2) is 35.6 Å². The van der Waals surface area contributed by atoms with E-state index < -0.39 is 0 Å². The molecule has 4 rings (SSSR count). The van der Waals surface area contributed by atoms with Gasteiger partial charge in [0.1, 0.15) is 5.82 Å². The van der Waals surface area contributed by atoms with Crippen LogP contribution in [0.5, 0.6) is 0 Å². The van der Waals surface area contributed by atoms with Crippen molar-refractivity contribution in [2.24, 2.45) is 0 Å². The molecule has 2 fully saturated rings. The second-order valence-corrected chi connectivity index (χ2v) is 10.6. The van der Waals surface area contributed by atoms with Crippen LogP contribution in [0.15, 0.2) is 48.5 Å². The molecule has 32 heavy (non-hydrogen) atoms. The molecule has 4 nitrogen and oxygen atoms in total. The van der Waals surface area contributed by atoms with Gasteiger partial charge in [0, 0.05) is 18.3 Å². The van der Waals surface area contributed by atoms with E-state index in [0.29, 0.717) is 6.04 Å². The van der Waals surface area contributed by atoms with E-state index in [4.69, 9.17) is 0 Å². The van der Waals surface area contributed by atoms with E-state index in [1.165, 1.54) is 17.5 Å². The quantitative estimate of drug-likeness (QED) is 0.593. The first kappa shape index (κ1) is 22.8. The van der Waals surface area contributed by atoms with Gasteiger partial charge in [-0.25, -0.2) is 9.18 Å². The SMILES string of the molecule is CC(C)(C)c1cccc(NC(=O)NC2(CN3CCCC3Cc3ccc(F)cc3)CCC2)c1. The van der Waals surface area contributed by atoms with Crippen LogP contribution in [-0.2, 0) is 11.8 Å². The normalized spacial score (nSPS) is 20.6. The first-order valence-electron chi connectivity index (χ1n) is 11.9. The maximum absolute atomic E-state index is 13.3. The molecule has 0 aromatic heterocycles. The number of anilines is 1. The van der Waals surface area contributed by atoms with Gasteiger partial charge >= 0.3 is 6.03 Å². The van der Waals surface area contributed by atoms with E-state index in [2.05, 4.69) is 48.4 Å². The van der Waals surface area contributed by atoms with Gasteiger partial charge < -0.3 is 10.6 Å². The second-order valence-electron chi connectivity index (χ2n) is 10.6. The standard InChI is InChI=1S/C27H36FN3O/c1-26(2,3)21-7-4-8-23(18-21)29-25(32)30-27(14-6-15-27)19-31-16-5-9-24(31)17-20-10-12-22(28)13-11-20/h4,7-8,10-13,18,24H,5-6,9,14-17,19H2,1-3H3,(H2,29,30,32). The fourth-order valence-electron chi connectivity index (χ4n) is 5.01. The van der Waals surface area contributed by atoms with Crippen LogP contribution in [0.25, 0.3) is 0 Å². The Morgan fingerprint density at radius 3 is 2.53 bits per heavy atom. The van der Waals surface area contributed by atoms with Crippen LogP contribution in [0.4, 0.5) is 14.9 Å². The van der Waals surface area contributed by atoms with Crippen LogP contribution in [0.3, 0.4) is 0 Å². The summed E-state index contributed by atoms with van der Waals surface area (Å²) in [4.78, 5) is 15.4. The Kier molecular flexibility index (Phi) is 6.57. The van der Waals surface area contributed by atoms with Crippen LogP contribution in [0, 0.1) is 5.82 Å². The van der Waals surface area contributed by atoms with Gasteiger partial charge in [-0.3, -0.25) is 4.90 Å². The number of urea groups is 1. The summed E-state index contributed by atoms with van der Waals surface area (Å²) in [6.07, 6.45) is 6.44. The van der Waals surface area contributed by atoms with Gasteiger partial charge in [-0.1, -0.05) is 45.0 Å². The molecule has 1 atom stereocenters. The second kappa shape index (κ2) is 9.22. The molecule has 1 saturated carbocycles. The third-order valence-corrected chi connectivity index (χ3v) is 7.07. The van der Waals surface area contributed by atoms with Crippen molar-refractivity contribution in [1.82, 2.24) is 10.2 Å². The lowest BCUT2D eigenvalue weighted by molar-refractivity contribution is 0.109. The largest absolute Gasteiger partial charge is 0.331 e. The van der Waals surface area contributed by atoms with Crippen LogP contribution in [0.2, 0.25) is 0 Å². The molecule has 1 aliphatic carbocycles. The summed E-state index contributed by atoms with van der Waals surface area (Å²) in [6.45, 7) is 8.47. The Bertz CT molecular complexity index is 931. The molecule has 2 N–H and O–H groups in total. The van der Waals surface area contributed by atoms with Crippen LogP contribution >= 0.6 is 0 Å². The lowest BCUT2D eigenvalue weighted by Crippen LogP contribution is -2.61. The molecule has 2 aliphatic rings. The van der Waals surface area contributed by atoms with Crippen molar-refractivity contribution in [2.45, 2.75) is 76.3 Å². The number of nitrogens with zero attached hydrogens (tertiary/aromatic N) is 1. The molecule has 0 bridgehead atoms. The first-order valence-corrected chi connectivity index (χ1v) is 11.9. The van der Waals surface area contributed by atoms with Gasteiger partial charge in [0.25, 0.3) is 0 Å². The molecule has 172 valence electrons. The van der Waals surface area contributed by atoms with Gasteiger partial charge in [0.2, 0.25) is 0 Å². The lowest BCUT2D eigenvalue weighted by Gasteiger charge is -2.46. The zero-order valence-corrected chi connectivity index (χ0v) is 19.6. The highest BCUT2D eigenvalue weighted by Crippen LogP contribution is 2.35. The minimum atomic E-state index is -0.186. The van der Waals surface area contributed by atoms with Crippen molar-refractivity contribution < 1.29 is 9.18 Å². The topological polar surface area (TPSA) is 44.4 Å². The summed E-state index contributed by atoms with van der Waals surface area (Å²) < 4.78 is 13.3. The summed E-state index contributed by atoms with van der Waals surface area (Å²) in [5, 5.41) is 6.37. The molecule has 1 saturated heterocycles. The molecule has 1 heterocycles. The fraction of sp³-hybridized carbons (Fsp3) is 0.519. The molecule has 1 unspecified atom stereocenters. The van der Waals surface area contributed by atoms with E-state index in [0.717, 1.165) is 50.9 Å². The minimum absolute atomic E-state index is 0.0403. The third kappa shape index (κ3) is 5.50. The van der Waals surface area contributed by atoms with Crippen molar-refractivity contribution in [2.75, 3.05) is 18.4 Å². The van der Waals surface area contributed by atoms with Crippen molar-refractivity contribution in [3.05, 3.63) is 65.5 Å². The first-order chi connectivity index (χ1) is 15.2. The molecular weight excluding hydrogens is 401 g/mol. The van der Waals surface area contributed by atoms with E-state index in [9.17, 15) is 9.18 Å². The molecular formula is C27H36FN3O. The Morgan fingerprint density at radius 1 is 1.12 bits per heavy atom. The van der Waals surface area contributed by atoms with Gasteiger partial charge in [-0.05, 0) is 85.9 Å². The highest BCUT2D eigenvalue weighted by molar-refractivity contribution is 5.90. The highest BCUT2D eigenvalue weighted by Gasteiger charge is 2.42. The van der Waals surface area contributed by atoms with Crippen LogP contribution < -0.4 is 10.6 Å². The number of hydrogen-bond acceptors (Lipinski definition) is 2. The summed E-state index contributed by atoms with van der Waals surface area (Å²) in [6, 6.07) is 15.3. The number of benzene rings is 2. The Labute approximate surface area is 191 Å². The lowest BCUT2D eigenvalue weighted by atomic mass is 9.76. The van der Waals surface area contributed by atoms with Crippen molar-refractivity contribution >= 4 is 11.7 Å². The van der Waals surface area contributed by atoms with Gasteiger partial charge in [0.15, 0.2) is 0 Å². The minimum Gasteiger partial charge on any atom is -0.331 e. The maximum Gasteiger partial charge on any atom is 0.319 e. The van der Waals surface area contributed by atoms with Crippen molar-refractivity contribution in [1.29, 1.82) is 0 Å². The smallest absolute Gasteiger partial charge is 0.319 e. The summed E-state index contributed by atoms with van der Waals surface area (Å²) in [5.41, 5.74) is 3.10. The zero-order chi connectivity index (χ0) is 22.8. The predicted octanol–water partition coefficient (Wildman–Crippen LogP) is 5.87. The van der Waals surface area contributed by atoms with Crippen molar-refractivity contribution in [3.63, 3.8) is 0 Å². The number of nitrogens with one attached hydrogen (secondary N) is 2. The van der Waals surface area contributed by atoms with Gasteiger partial charge in [-0.15, -0.1) is 0 Å². The van der Waals surface area contributed by atoms with Crippen molar-refractivity contribution in [3.8, 4) is 0 Å². The monoisotopic (exact) mass is 437 g/mol. The summed E-state index contributed by atoms with van der Waals surface area (Å²) in [7, 11) is 0. The van der Waals surface area contributed by atoms with Gasteiger partial charge in [-0.2, -0.15) is 0 Å². The number of amides is 2. The molecule has 1 aliphatic heterocycles. The van der Waals surface area contributed by atoms with E-state index in [-0.39, 0.29) is 22.8 Å². The Morgan fingerprint density at radius 2 is 1.88 bits per heavy atom. The average molecular weight is 438 g/mol. The highest BCUT2D eigenvalue weighted by atomic mass is 19.1. The molecule has 2 aromatic carbocycles. The van der Waals surface area contributed by atoms with E-state index in [1.54, 1.807) is 12.1 Å². The molecule has 2 aromatic rings. The molecule has 2 amide bonds. The summed E-state index contributed by atoms with van der Waals surface area (Å²) >= 11 is 0. The Balaban J connectivity index is 1.37. The Hall–Kier alpha value is -2.40. The summed E-state index contributed by atoms with van der Waals surface area (Å²) in [5.74, 6) is -0.186. The average Bonchev–Trinajstić information content (AvgIpc) is 3.14. The molecule has 5 heteroatoms. The number of carbonyl (C=O) groups is 1. The van der Waals surface area contributed by atoms with Gasteiger partial charge in [0.05, 0.1) is 5.54 Å². The number of likely N-dealkylation sites (tertiary alicyclic amines) is 1. The number of carbonyl (C=O) groups excluding carboxylic acids is 1. The van der Waals surface area contributed by atoms with E-state index >= 15 is 0 Å². The van der Waals surface area contributed by atoms with E-state index in [1.807, 2.05) is 24.3 Å². The number of hydrogen-bond donors (Lipinski definition) is 2. The van der Waals surface area contributed by atoms with Crippen LogP contribution in [0.1, 0.15) is 64.0 Å². The number of rotatable bonds is 6. The third-order valence-electron chi connectivity index (χ3n) is 7.07.